The Balaban J connectivity index is 1.62. The first kappa shape index (κ1) is 13.7. The highest BCUT2D eigenvalue weighted by Gasteiger charge is 2.31. The van der Waals surface area contributed by atoms with Crippen molar-refractivity contribution in [2.45, 2.75) is 22.6 Å². The molecule has 0 radical (unpaired) electrons. The van der Waals surface area contributed by atoms with Gasteiger partial charge in [-0.15, -0.1) is 0 Å². The van der Waals surface area contributed by atoms with E-state index >= 15 is 0 Å². The molecule has 4 aliphatic rings. The second-order valence-electron chi connectivity index (χ2n) is 6.66. The monoisotopic (exact) mass is 320 g/mol. The highest BCUT2D eigenvalue weighted by molar-refractivity contribution is 7.99. The molecule has 3 fully saturated rings. The standard InChI is InChI=1S/C20H20N2S/c1-3-7-19-17(5-1)22(18-6-2-4-8-20(18)23-19)14-16-13-21-11-9-15(16)10-12-21/h1-8,14-15H,9-13H2/b16-14-. The number of fused-ring (bicyclic) bond motifs is 5. The summed E-state index contributed by atoms with van der Waals surface area (Å²) >= 11 is 1.88. The maximum atomic E-state index is 2.60. The maximum absolute atomic E-state index is 2.60. The highest BCUT2D eigenvalue weighted by Crippen LogP contribution is 2.48. The zero-order chi connectivity index (χ0) is 15.2. The molecule has 4 heterocycles. The minimum atomic E-state index is 0.786. The zero-order valence-electron chi connectivity index (χ0n) is 13.1. The van der Waals surface area contributed by atoms with Crippen LogP contribution < -0.4 is 4.90 Å². The molecule has 3 saturated heterocycles. The molecule has 0 aromatic heterocycles. The van der Waals surface area contributed by atoms with Gasteiger partial charge in [0.25, 0.3) is 0 Å². The number of benzene rings is 2. The summed E-state index contributed by atoms with van der Waals surface area (Å²) in [6.07, 6.45) is 5.10. The summed E-state index contributed by atoms with van der Waals surface area (Å²) in [5.74, 6) is 0.786. The number of hydrogen-bond acceptors (Lipinski definition) is 3. The molecule has 0 saturated carbocycles. The molecule has 4 aliphatic heterocycles. The third-order valence-corrected chi connectivity index (χ3v) is 6.41. The summed E-state index contributed by atoms with van der Waals surface area (Å²) in [5.41, 5.74) is 4.25. The van der Waals surface area contributed by atoms with Gasteiger partial charge in [0.2, 0.25) is 0 Å². The normalized spacial score (nSPS) is 27.0. The van der Waals surface area contributed by atoms with Crippen LogP contribution in [0.25, 0.3) is 0 Å². The summed E-state index contributed by atoms with van der Waals surface area (Å²) in [5, 5.41) is 0. The van der Waals surface area contributed by atoms with E-state index in [1.165, 1.54) is 47.1 Å². The van der Waals surface area contributed by atoms with E-state index in [0.717, 1.165) is 12.5 Å². The van der Waals surface area contributed by atoms with Crippen LogP contribution in [0.2, 0.25) is 0 Å². The second-order valence-corrected chi connectivity index (χ2v) is 7.75. The lowest BCUT2D eigenvalue weighted by atomic mass is 9.84. The van der Waals surface area contributed by atoms with Crippen LogP contribution in [0.3, 0.4) is 0 Å². The summed E-state index contributed by atoms with van der Waals surface area (Å²) in [6.45, 7) is 3.72. The summed E-state index contributed by atoms with van der Waals surface area (Å²) < 4.78 is 0. The van der Waals surface area contributed by atoms with Crippen molar-refractivity contribution in [3.05, 3.63) is 60.3 Å². The molecule has 6 rings (SSSR count). The van der Waals surface area contributed by atoms with Crippen LogP contribution in [0.5, 0.6) is 0 Å². The quantitative estimate of drug-likeness (QED) is 0.738. The number of piperidine rings is 3. The zero-order valence-corrected chi connectivity index (χ0v) is 13.9. The van der Waals surface area contributed by atoms with Crippen molar-refractivity contribution in [1.29, 1.82) is 0 Å². The van der Waals surface area contributed by atoms with Gasteiger partial charge < -0.3 is 4.90 Å². The number of rotatable bonds is 1. The summed E-state index contributed by atoms with van der Waals surface area (Å²) in [6, 6.07) is 17.5. The largest absolute Gasteiger partial charge is 0.315 e. The van der Waals surface area contributed by atoms with Crippen LogP contribution in [0, 0.1) is 5.92 Å². The molecular formula is C20H20N2S. The Kier molecular flexibility index (Phi) is 3.24. The van der Waals surface area contributed by atoms with Crippen LogP contribution >= 0.6 is 11.8 Å². The Morgan fingerprint density at radius 3 is 2.04 bits per heavy atom. The number of nitrogens with zero attached hydrogens (tertiary/aromatic N) is 2. The molecule has 2 nitrogen and oxygen atoms in total. The van der Waals surface area contributed by atoms with E-state index in [2.05, 4.69) is 64.5 Å². The SMILES string of the molecule is C(=C1\CN2CCC1CC2)/N1c2ccccc2Sc2ccccc21. The molecule has 2 aromatic rings. The van der Waals surface area contributed by atoms with Crippen molar-refractivity contribution in [1.82, 2.24) is 4.90 Å². The van der Waals surface area contributed by atoms with Gasteiger partial charge in [0, 0.05) is 22.5 Å². The summed E-state index contributed by atoms with van der Waals surface area (Å²) in [7, 11) is 0. The van der Waals surface area contributed by atoms with Gasteiger partial charge >= 0.3 is 0 Å². The Hall–Kier alpha value is -1.71. The Bertz CT molecular complexity index is 729. The van der Waals surface area contributed by atoms with Crippen molar-refractivity contribution >= 4 is 23.1 Å². The minimum absolute atomic E-state index is 0.786. The fourth-order valence-electron chi connectivity index (χ4n) is 4.03. The van der Waals surface area contributed by atoms with E-state index in [1.807, 2.05) is 11.8 Å². The van der Waals surface area contributed by atoms with E-state index in [-0.39, 0.29) is 0 Å². The second kappa shape index (κ2) is 5.43. The first-order chi connectivity index (χ1) is 11.4. The van der Waals surface area contributed by atoms with E-state index in [4.69, 9.17) is 0 Å². The predicted octanol–water partition coefficient (Wildman–Crippen LogP) is 4.90. The van der Waals surface area contributed by atoms with Crippen molar-refractivity contribution < 1.29 is 0 Å². The molecule has 0 aliphatic carbocycles. The average Bonchev–Trinajstić information content (AvgIpc) is 2.62. The third-order valence-electron chi connectivity index (χ3n) is 5.28. The molecule has 2 bridgehead atoms. The molecule has 116 valence electrons. The van der Waals surface area contributed by atoms with Crippen LogP contribution in [-0.4, -0.2) is 24.5 Å². The van der Waals surface area contributed by atoms with Crippen molar-refractivity contribution in [2.75, 3.05) is 24.5 Å². The van der Waals surface area contributed by atoms with E-state index in [1.54, 1.807) is 5.57 Å². The molecular weight excluding hydrogens is 300 g/mol. The van der Waals surface area contributed by atoms with E-state index in [0.29, 0.717) is 0 Å². The number of hydrogen-bond donors (Lipinski definition) is 0. The molecule has 2 aromatic carbocycles. The van der Waals surface area contributed by atoms with Crippen molar-refractivity contribution in [3.8, 4) is 0 Å². The lowest BCUT2D eigenvalue weighted by Crippen LogP contribution is -2.43. The van der Waals surface area contributed by atoms with Gasteiger partial charge in [0.1, 0.15) is 0 Å². The van der Waals surface area contributed by atoms with Crippen LogP contribution in [0.15, 0.2) is 70.1 Å². The molecule has 0 unspecified atom stereocenters. The van der Waals surface area contributed by atoms with Gasteiger partial charge in [0.05, 0.1) is 11.4 Å². The Labute approximate surface area is 141 Å². The number of anilines is 2. The van der Waals surface area contributed by atoms with Gasteiger partial charge in [-0.3, -0.25) is 4.90 Å². The molecule has 0 amide bonds. The fraction of sp³-hybridized carbons (Fsp3) is 0.300. The maximum Gasteiger partial charge on any atom is 0.0595 e. The van der Waals surface area contributed by atoms with Crippen LogP contribution in [0.1, 0.15) is 12.8 Å². The van der Waals surface area contributed by atoms with E-state index in [9.17, 15) is 0 Å². The van der Waals surface area contributed by atoms with Gasteiger partial charge in [-0.2, -0.15) is 0 Å². The smallest absolute Gasteiger partial charge is 0.0595 e. The van der Waals surface area contributed by atoms with Crippen LogP contribution in [-0.2, 0) is 0 Å². The van der Waals surface area contributed by atoms with Crippen LogP contribution in [0.4, 0.5) is 11.4 Å². The topological polar surface area (TPSA) is 6.48 Å². The Morgan fingerprint density at radius 1 is 0.870 bits per heavy atom. The van der Waals surface area contributed by atoms with Crippen molar-refractivity contribution in [2.24, 2.45) is 5.92 Å². The van der Waals surface area contributed by atoms with Gasteiger partial charge in [0.15, 0.2) is 0 Å². The summed E-state index contributed by atoms with van der Waals surface area (Å²) in [4.78, 5) is 7.73. The molecule has 0 N–H and O–H groups in total. The average molecular weight is 320 g/mol. The number of para-hydroxylation sites is 2. The Morgan fingerprint density at radius 2 is 1.48 bits per heavy atom. The fourth-order valence-corrected chi connectivity index (χ4v) is 5.11. The van der Waals surface area contributed by atoms with E-state index < -0.39 is 0 Å². The molecule has 0 atom stereocenters. The van der Waals surface area contributed by atoms with Gasteiger partial charge in [-0.1, -0.05) is 36.0 Å². The van der Waals surface area contributed by atoms with Gasteiger partial charge in [-0.25, -0.2) is 0 Å². The third kappa shape index (κ3) is 2.30. The van der Waals surface area contributed by atoms with Gasteiger partial charge in [-0.05, 0) is 61.7 Å². The lowest BCUT2D eigenvalue weighted by Gasteiger charge is -2.42. The first-order valence-electron chi connectivity index (χ1n) is 8.46. The first-order valence-corrected chi connectivity index (χ1v) is 9.28. The molecule has 3 heteroatoms. The predicted molar refractivity (Wildman–Crippen MR) is 96.4 cm³/mol. The lowest BCUT2D eigenvalue weighted by molar-refractivity contribution is 0.161. The minimum Gasteiger partial charge on any atom is -0.315 e. The van der Waals surface area contributed by atoms with Crippen molar-refractivity contribution in [3.63, 3.8) is 0 Å². The molecule has 23 heavy (non-hydrogen) atoms. The highest BCUT2D eigenvalue weighted by atomic mass is 32.2. The molecule has 0 spiro atoms.